The van der Waals surface area contributed by atoms with E-state index in [9.17, 15) is 13.2 Å². The highest BCUT2D eigenvalue weighted by atomic mass is 32.2. The summed E-state index contributed by atoms with van der Waals surface area (Å²) < 4.78 is 26.4. The van der Waals surface area contributed by atoms with Gasteiger partial charge in [-0.15, -0.1) is 0 Å². The average molecular weight is 325 g/mol. The summed E-state index contributed by atoms with van der Waals surface area (Å²) in [6.07, 6.45) is 5.14. The van der Waals surface area contributed by atoms with E-state index in [0.717, 1.165) is 37.9 Å². The number of hydrogen-bond donors (Lipinski definition) is 3. The number of sulfonamides is 1. The molecule has 0 aromatic heterocycles. The van der Waals surface area contributed by atoms with Crippen molar-refractivity contribution in [1.82, 2.24) is 10.0 Å². The maximum atomic E-state index is 12.2. The number of anilines is 1. The summed E-state index contributed by atoms with van der Waals surface area (Å²) in [5.41, 5.74) is 0.841. The van der Waals surface area contributed by atoms with Gasteiger partial charge in [-0.1, -0.05) is 19.3 Å². The highest BCUT2D eigenvalue weighted by Gasteiger charge is 2.21. The molecule has 7 heteroatoms. The summed E-state index contributed by atoms with van der Waals surface area (Å²) in [5, 5.41) is 5.82. The Morgan fingerprint density at radius 3 is 2.36 bits per heavy atom. The maximum Gasteiger partial charge on any atom is 0.328 e. The predicted octanol–water partition coefficient (Wildman–Crippen LogP) is 2.44. The molecule has 2 rings (SSSR count). The van der Waals surface area contributed by atoms with Crippen LogP contribution in [-0.4, -0.2) is 27.0 Å². The normalized spacial score (nSPS) is 16.0. The van der Waals surface area contributed by atoms with Gasteiger partial charge in [0.1, 0.15) is 0 Å². The van der Waals surface area contributed by atoms with E-state index in [1.54, 1.807) is 12.1 Å². The highest BCUT2D eigenvalue weighted by Crippen LogP contribution is 2.17. The van der Waals surface area contributed by atoms with Crippen molar-refractivity contribution in [3.8, 4) is 0 Å². The molecule has 1 aromatic rings. The van der Waals surface area contributed by atoms with Gasteiger partial charge in [-0.25, -0.2) is 17.9 Å². The third-order valence-electron chi connectivity index (χ3n) is 3.71. The van der Waals surface area contributed by atoms with Gasteiger partial charge in [0.25, 0.3) is 10.0 Å². The van der Waals surface area contributed by atoms with Crippen molar-refractivity contribution in [3.63, 3.8) is 0 Å². The second kappa shape index (κ2) is 7.49. The molecule has 122 valence electrons. The van der Waals surface area contributed by atoms with E-state index in [-0.39, 0.29) is 10.9 Å². The first-order chi connectivity index (χ1) is 10.5. The number of urea groups is 1. The number of nitrogens with one attached hydrogen (secondary N) is 3. The molecule has 3 N–H and O–H groups in total. The highest BCUT2D eigenvalue weighted by molar-refractivity contribution is 7.90. The lowest BCUT2D eigenvalue weighted by atomic mass is 9.96. The molecule has 0 atom stereocenters. The van der Waals surface area contributed by atoms with E-state index in [0.29, 0.717) is 0 Å². The van der Waals surface area contributed by atoms with Gasteiger partial charge in [-0.3, -0.25) is 0 Å². The zero-order chi connectivity index (χ0) is 16.0. The zero-order valence-electron chi connectivity index (χ0n) is 12.8. The Kier molecular flexibility index (Phi) is 5.65. The van der Waals surface area contributed by atoms with Crippen LogP contribution in [0.2, 0.25) is 0 Å². The average Bonchev–Trinajstić information content (AvgIpc) is 2.48. The Morgan fingerprint density at radius 2 is 1.77 bits per heavy atom. The summed E-state index contributed by atoms with van der Waals surface area (Å²) in [5.74, 6) is 0. The molecule has 0 heterocycles. The molecule has 0 unspecified atom stereocenters. The number of amides is 2. The minimum absolute atomic E-state index is 0.0695. The lowest BCUT2D eigenvalue weighted by Gasteiger charge is -2.22. The SMILES string of the molecule is CCNc1ccc(S(=O)(=O)NC(=O)NC2CCCCC2)cc1. The monoisotopic (exact) mass is 325 g/mol. The quantitative estimate of drug-likeness (QED) is 0.776. The van der Waals surface area contributed by atoms with Crippen molar-refractivity contribution in [3.05, 3.63) is 24.3 Å². The maximum absolute atomic E-state index is 12.2. The van der Waals surface area contributed by atoms with Crippen LogP contribution in [0.4, 0.5) is 10.5 Å². The molecule has 0 spiro atoms. The topological polar surface area (TPSA) is 87.3 Å². The largest absolute Gasteiger partial charge is 0.385 e. The fourth-order valence-corrected chi connectivity index (χ4v) is 3.51. The molecule has 2 amide bonds. The third kappa shape index (κ3) is 4.62. The third-order valence-corrected chi connectivity index (χ3v) is 5.06. The number of rotatable bonds is 5. The summed E-state index contributed by atoms with van der Waals surface area (Å²) in [6, 6.07) is 5.74. The molecule has 1 aromatic carbocycles. The molecule has 1 fully saturated rings. The number of carbonyl (C=O) groups excluding carboxylic acids is 1. The van der Waals surface area contributed by atoms with E-state index in [4.69, 9.17) is 0 Å². The fraction of sp³-hybridized carbons (Fsp3) is 0.533. The Labute approximate surface area is 131 Å². The molecule has 1 aliphatic rings. The van der Waals surface area contributed by atoms with Gasteiger partial charge in [0, 0.05) is 18.3 Å². The molecule has 0 bridgehead atoms. The molecule has 22 heavy (non-hydrogen) atoms. The second-order valence-electron chi connectivity index (χ2n) is 5.47. The van der Waals surface area contributed by atoms with Crippen LogP contribution < -0.4 is 15.4 Å². The second-order valence-corrected chi connectivity index (χ2v) is 7.15. The van der Waals surface area contributed by atoms with Crippen LogP contribution in [0.3, 0.4) is 0 Å². The van der Waals surface area contributed by atoms with Crippen LogP contribution in [-0.2, 0) is 10.0 Å². The first-order valence-corrected chi connectivity index (χ1v) is 9.17. The first-order valence-electron chi connectivity index (χ1n) is 7.68. The predicted molar refractivity (Wildman–Crippen MR) is 86.3 cm³/mol. The molecule has 6 nitrogen and oxygen atoms in total. The van der Waals surface area contributed by atoms with Crippen molar-refractivity contribution in [2.45, 2.75) is 50.0 Å². The molecule has 0 aliphatic heterocycles. The van der Waals surface area contributed by atoms with E-state index in [2.05, 4.69) is 15.4 Å². The van der Waals surface area contributed by atoms with Gasteiger partial charge in [0.15, 0.2) is 0 Å². The number of hydrogen-bond acceptors (Lipinski definition) is 4. The number of carbonyl (C=O) groups is 1. The Bertz CT molecular complexity index is 593. The van der Waals surface area contributed by atoms with Gasteiger partial charge in [0.2, 0.25) is 0 Å². The molecule has 0 saturated heterocycles. The summed E-state index contributed by atoms with van der Waals surface area (Å²) in [7, 11) is -3.83. The van der Waals surface area contributed by atoms with Gasteiger partial charge in [-0.2, -0.15) is 0 Å². The van der Waals surface area contributed by atoms with Crippen molar-refractivity contribution in [2.24, 2.45) is 0 Å². The van der Waals surface area contributed by atoms with Crippen molar-refractivity contribution in [2.75, 3.05) is 11.9 Å². The van der Waals surface area contributed by atoms with Gasteiger partial charge in [-0.05, 0) is 44.0 Å². The molecule has 1 saturated carbocycles. The summed E-state index contributed by atoms with van der Waals surface area (Å²) >= 11 is 0. The zero-order valence-corrected chi connectivity index (χ0v) is 13.6. The van der Waals surface area contributed by atoms with Gasteiger partial charge >= 0.3 is 6.03 Å². The molecular formula is C15H23N3O3S. The number of benzene rings is 1. The molecule has 0 radical (unpaired) electrons. The standard InChI is InChI=1S/C15H23N3O3S/c1-2-16-12-8-10-14(11-9-12)22(20,21)18-15(19)17-13-6-4-3-5-7-13/h8-11,13,16H,2-7H2,1H3,(H2,17,18,19). The Balaban J connectivity index is 1.95. The van der Waals surface area contributed by atoms with Crippen LogP contribution in [0.1, 0.15) is 39.0 Å². The minimum Gasteiger partial charge on any atom is -0.385 e. The van der Waals surface area contributed by atoms with Crippen LogP contribution in [0, 0.1) is 0 Å². The minimum atomic E-state index is -3.83. The summed E-state index contributed by atoms with van der Waals surface area (Å²) in [6.45, 7) is 2.72. The summed E-state index contributed by atoms with van der Waals surface area (Å²) in [4.78, 5) is 11.9. The van der Waals surface area contributed by atoms with Gasteiger partial charge < -0.3 is 10.6 Å². The van der Waals surface area contributed by atoms with Crippen molar-refractivity contribution >= 4 is 21.7 Å². The van der Waals surface area contributed by atoms with E-state index >= 15 is 0 Å². The van der Waals surface area contributed by atoms with Crippen LogP contribution in [0.5, 0.6) is 0 Å². The van der Waals surface area contributed by atoms with Gasteiger partial charge in [0.05, 0.1) is 4.90 Å². The van der Waals surface area contributed by atoms with Crippen LogP contribution >= 0.6 is 0 Å². The lowest BCUT2D eigenvalue weighted by molar-refractivity contribution is 0.237. The Hall–Kier alpha value is -1.76. The van der Waals surface area contributed by atoms with Crippen LogP contribution in [0.15, 0.2) is 29.2 Å². The Morgan fingerprint density at radius 1 is 1.14 bits per heavy atom. The first kappa shape index (κ1) is 16.6. The molecular weight excluding hydrogens is 302 g/mol. The van der Waals surface area contributed by atoms with E-state index in [1.807, 2.05) is 6.92 Å². The van der Waals surface area contributed by atoms with E-state index < -0.39 is 16.1 Å². The smallest absolute Gasteiger partial charge is 0.328 e. The molecule has 1 aliphatic carbocycles. The lowest BCUT2D eigenvalue weighted by Crippen LogP contribution is -2.45. The fourth-order valence-electron chi connectivity index (χ4n) is 2.60. The van der Waals surface area contributed by atoms with E-state index in [1.165, 1.54) is 18.6 Å². The van der Waals surface area contributed by atoms with Crippen molar-refractivity contribution < 1.29 is 13.2 Å². The van der Waals surface area contributed by atoms with Crippen molar-refractivity contribution in [1.29, 1.82) is 0 Å². The van der Waals surface area contributed by atoms with Crippen LogP contribution in [0.25, 0.3) is 0 Å².